The highest BCUT2D eigenvalue weighted by molar-refractivity contribution is 5.85. The van der Waals surface area contributed by atoms with Crippen molar-refractivity contribution in [2.24, 2.45) is 11.7 Å². The van der Waals surface area contributed by atoms with Crippen LogP contribution in [0.1, 0.15) is 25.0 Å². The summed E-state index contributed by atoms with van der Waals surface area (Å²) in [6.07, 6.45) is 3.16. The molecular weight excluding hydrogens is 296 g/mol. The molecule has 0 atom stereocenters. The number of fused-ring (bicyclic) bond motifs is 1. The van der Waals surface area contributed by atoms with Crippen molar-refractivity contribution in [2.75, 3.05) is 6.54 Å². The predicted molar refractivity (Wildman–Crippen MR) is 100 cm³/mol. The summed E-state index contributed by atoms with van der Waals surface area (Å²) in [5.74, 6) is 1.51. The summed E-state index contributed by atoms with van der Waals surface area (Å²) in [6.45, 7) is 6.75. The van der Waals surface area contributed by atoms with Gasteiger partial charge in [0.1, 0.15) is 12.4 Å². The molecule has 0 saturated carbocycles. The molecule has 0 radical (unpaired) electrons. The van der Waals surface area contributed by atoms with E-state index in [1.807, 2.05) is 18.2 Å². The second-order valence-electron chi connectivity index (χ2n) is 6.69. The van der Waals surface area contributed by atoms with Crippen LogP contribution in [-0.4, -0.2) is 11.1 Å². The molecule has 0 spiro atoms. The molecule has 0 aliphatic heterocycles. The molecule has 0 bridgehead atoms. The minimum absolute atomic E-state index is 0.590. The van der Waals surface area contributed by atoms with Crippen molar-refractivity contribution >= 4 is 10.9 Å². The van der Waals surface area contributed by atoms with Gasteiger partial charge in [0.25, 0.3) is 0 Å². The number of hydrogen-bond donors (Lipinski definition) is 1. The van der Waals surface area contributed by atoms with Crippen molar-refractivity contribution in [3.05, 3.63) is 65.9 Å². The van der Waals surface area contributed by atoms with Crippen molar-refractivity contribution < 1.29 is 4.74 Å². The first-order chi connectivity index (χ1) is 11.7. The molecule has 3 rings (SSSR count). The maximum absolute atomic E-state index is 5.99. The van der Waals surface area contributed by atoms with Crippen LogP contribution < -0.4 is 10.5 Å². The molecular formula is C21H26N2O. The summed E-state index contributed by atoms with van der Waals surface area (Å²) >= 11 is 0. The molecule has 0 aliphatic carbocycles. The number of aromatic nitrogens is 1. The van der Waals surface area contributed by atoms with Gasteiger partial charge in [0.05, 0.1) is 5.52 Å². The second kappa shape index (κ2) is 7.54. The van der Waals surface area contributed by atoms with E-state index in [0.29, 0.717) is 19.1 Å². The van der Waals surface area contributed by atoms with Crippen molar-refractivity contribution in [1.82, 2.24) is 4.57 Å². The number of ether oxygens (including phenoxy) is 1. The Hall–Kier alpha value is -2.26. The highest BCUT2D eigenvalue weighted by atomic mass is 16.5. The van der Waals surface area contributed by atoms with Crippen molar-refractivity contribution in [3.8, 4) is 5.75 Å². The van der Waals surface area contributed by atoms with Gasteiger partial charge in [0.2, 0.25) is 0 Å². The zero-order valence-corrected chi connectivity index (χ0v) is 14.5. The second-order valence-corrected chi connectivity index (χ2v) is 6.69. The van der Waals surface area contributed by atoms with Crippen molar-refractivity contribution in [2.45, 2.75) is 33.4 Å². The van der Waals surface area contributed by atoms with Gasteiger partial charge in [-0.2, -0.15) is 0 Å². The molecule has 0 saturated heterocycles. The largest absolute Gasteiger partial charge is 0.489 e. The Balaban J connectivity index is 1.87. The molecule has 3 nitrogen and oxygen atoms in total. The number of hydrogen-bond acceptors (Lipinski definition) is 2. The Morgan fingerprint density at radius 2 is 1.88 bits per heavy atom. The monoisotopic (exact) mass is 322 g/mol. The smallest absolute Gasteiger partial charge is 0.121 e. The molecule has 1 heterocycles. The van der Waals surface area contributed by atoms with E-state index in [9.17, 15) is 0 Å². The van der Waals surface area contributed by atoms with Crippen LogP contribution in [0.5, 0.6) is 5.75 Å². The summed E-state index contributed by atoms with van der Waals surface area (Å²) in [6, 6.07) is 16.6. The van der Waals surface area contributed by atoms with E-state index in [2.05, 4.69) is 54.9 Å². The highest BCUT2D eigenvalue weighted by Crippen LogP contribution is 2.27. The average molecular weight is 322 g/mol. The van der Waals surface area contributed by atoms with Gasteiger partial charge >= 0.3 is 0 Å². The molecule has 3 heteroatoms. The Kier molecular flexibility index (Phi) is 5.21. The number of benzene rings is 2. The van der Waals surface area contributed by atoms with Gasteiger partial charge in [0.15, 0.2) is 0 Å². The maximum atomic E-state index is 5.99. The fraction of sp³-hybridized carbons (Fsp3) is 0.333. The lowest BCUT2D eigenvalue weighted by Crippen LogP contribution is -2.04. The number of rotatable bonds is 7. The first-order valence-electron chi connectivity index (χ1n) is 8.66. The third-order valence-corrected chi connectivity index (χ3v) is 4.16. The van der Waals surface area contributed by atoms with E-state index in [-0.39, 0.29) is 0 Å². The van der Waals surface area contributed by atoms with Gasteiger partial charge < -0.3 is 15.0 Å². The first kappa shape index (κ1) is 16.6. The average Bonchev–Trinajstić information content (AvgIpc) is 2.91. The molecule has 126 valence electrons. The van der Waals surface area contributed by atoms with Gasteiger partial charge in [-0.05, 0) is 42.1 Å². The van der Waals surface area contributed by atoms with Crippen LogP contribution >= 0.6 is 0 Å². The summed E-state index contributed by atoms with van der Waals surface area (Å²) in [5, 5.41) is 1.29. The quantitative estimate of drug-likeness (QED) is 0.701. The maximum Gasteiger partial charge on any atom is 0.121 e. The number of nitrogens with two attached hydrogens (primary N) is 1. The topological polar surface area (TPSA) is 40.2 Å². The molecule has 2 aromatic carbocycles. The summed E-state index contributed by atoms with van der Waals surface area (Å²) in [4.78, 5) is 0. The molecule has 0 unspecified atom stereocenters. The zero-order chi connectivity index (χ0) is 16.9. The van der Waals surface area contributed by atoms with Crippen LogP contribution in [0, 0.1) is 5.92 Å². The van der Waals surface area contributed by atoms with Gasteiger partial charge in [-0.15, -0.1) is 0 Å². The summed E-state index contributed by atoms with van der Waals surface area (Å²) < 4.78 is 8.33. The van der Waals surface area contributed by atoms with Crippen LogP contribution in [0.4, 0.5) is 0 Å². The lowest BCUT2D eigenvalue weighted by atomic mass is 10.1. The van der Waals surface area contributed by atoms with Crippen LogP contribution in [-0.2, 0) is 19.6 Å². The molecule has 0 aliphatic rings. The van der Waals surface area contributed by atoms with Crippen molar-refractivity contribution in [1.29, 1.82) is 0 Å². The van der Waals surface area contributed by atoms with E-state index in [4.69, 9.17) is 10.5 Å². The standard InChI is InChI=1S/C21H26N2O/c1-16(2)13-23-14-18(10-11-22)20-9-8-19(12-21(20)23)24-15-17-6-4-3-5-7-17/h3-9,12,14,16H,10-11,13,15,22H2,1-2H3. The lowest BCUT2D eigenvalue weighted by Gasteiger charge is -2.10. The summed E-state index contributed by atoms with van der Waals surface area (Å²) in [5.41, 5.74) is 9.51. The molecule has 0 amide bonds. The Morgan fingerprint density at radius 3 is 2.58 bits per heavy atom. The summed E-state index contributed by atoms with van der Waals surface area (Å²) in [7, 11) is 0. The fourth-order valence-corrected chi connectivity index (χ4v) is 3.08. The van der Waals surface area contributed by atoms with Gasteiger partial charge in [-0.25, -0.2) is 0 Å². The fourth-order valence-electron chi connectivity index (χ4n) is 3.08. The molecule has 2 N–H and O–H groups in total. The minimum Gasteiger partial charge on any atom is -0.489 e. The Bertz CT molecular complexity index is 790. The Morgan fingerprint density at radius 1 is 1.08 bits per heavy atom. The zero-order valence-electron chi connectivity index (χ0n) is 14.5. The van der Waals surface area contributed by atoms with Crippen molar-refractivity contribution in [3.63, 3.8) is 0 Å². The van der Waals surface area contributed by atoms with Gasteiger partial charge in [0, 0.05) is 24.2 Å². The molecule has 3 aromatic rings. The van der Waals surface area contributed by atoms with E-state index in [0.717, 1.165) is 18.7 Å². The third-order valence-electron chi connectivity index (χ3n) is 4.16. The van der Waals surface area contributed by atoms with Gasteiger partial charge in [-0.1, -0.05) is 44.2 Å². The van der Waals surface area contributed by atoms with E-state index in [1.54, 1.807) is 0 Å². The van der Waals surface area contributed by atoms with E-state index >= 15 is 0 Å². The van der Waals surface area contributed by atoms with Crippen LogP contribution in [0.15, 0.2) is 54.7 Å². The molecule has 0 fully saturated rings. The molecule has 24 heavy (non-hydrogen) atoms. The highest BCUT2D eigenvalue weighted by Gasteiger charge is 2.10. The normalized spacial score (nSPS) is 11.3. The first-order valence-corrected chi connectivity index (χ1v) is 8.66. The van der Waals surface area contributed by atoms with Crippen LogP contribution in [0.3, 0.4) is 0 Å². The predicted octanol–water partition coefficient (Wildman–Crippen LogP) is 4.38. The minimum atomic E-state index is 0.590. The van der Waals surface area contributed by atoms with Gasteiger partial charge in [-0.3, -0.25) is 0 Å². The van der Waals surface area contributed by atoms with E-state index in [1.165, 1.54) is 22.0 Å². The van der Waals surface area contributed by atoms with E-state index < -0.39 is 0 Å². The number of nitrogens with zero attached hydrogens (tertiary/aromatic N) is 1. The molecule has 1 aromatic heterocycles. The Labute approximate surface area is 144 Å². The third kappa shape index (κ3) is 3.80. The SMILES string of the molecule is CC(C)Cn1cc(CCN)c2ccc(OCc3ccccc3)cc21. The van der Waals surface area contributed by atoms with Crippen LogP contribution in [0.2, 0.25) is 0 Å². The van der Waals surface area contributed by atoms with Crippen LogP contribution in [0.25, 0.3) is 10.9 Å². The lowest BCUT2D eigenvalue weighted by molar-refractivity contribution is 0.306.